The van der Waals surface area contributed by atoms with Gasteiger partial charge in [0.25, 0.3) is 5.91 Å². The first-order chi connectivity index (χ1) is 9.60. The summed E-state index contributed by atoms with van der Waals surface area (Å²) in [7, 11) is 1.47. The van der Waals surface area contributed by atoms with Gasteiger partial charge in [-0.05, 0) is 13.0 Å². The van der Waals surface area contributed by atoms with Crippen molar-refractivity contribution >= 4 is 29.5 Å². The number of ether oxygens (including phenoxy) is 1. The first-order valence-electron chi connectivity index (χ1n) is 6.23. The summed E-state index contributed by atoms with van der Waals surface area (Å²) in [5, 5.41) is 6.00. The molecule has 7 heteroatoms. The highest BCUT2D eigenvalue weighted by atomic mass is 35.5. The number of benzene rings is 1. The molecule has 1 amide bonds. The third kappa shape index (κ3) is 4.62. The molecular formula is C13H19ClN4O2. The van der Waals surface area contributed by atoms with Gasteiger partial charge in [0, 0.05) is 19.2 Å². The molecule has 1 rings (SSSR count). The van der Waals surface area contributed by atoms with Gasteiger partial charge in [0.05, 0.1) is 36.3 Å². The van der Waals surface area contributed by atoms with Crippen LogP contribution in [0.3, 0.4) is 0 Å². The maximum Gasteiger partial charge on any atom is 0.255 e. The topological polar surface area (TPSA) is 88.7 Å². The van der Waals surface area contributed by atoms with Gasteiger partial charge in [0.2, 0.25) is 0 Å². The van der Waals surface area contributed by atoms with Crippen molar-refractivity contribution in [1.82, 2.24) is 10.6 Å². The summed E-state index contributed by atoms with van der Waals surface area (Å²) in [5.74, 6) is 0.114. The largest absolute Gasteiger partial charge is 0.496 e. The number of rotatable bonds is 7. The number of nitrogens with zero attached hydrogens (tertiary/aromatic N) is 1. The molecule has 4 N–H and O–H groups in total. The molecule has 0 unspecified atom stereocenters. The number of nitrogen functional groups attached to an aromatic ring is 1. The predicted octanol–water partition coefficient (Wildman–Crippen LogP) is 1.30. The quantitative estimate of drug-likeness (QED) is 0.306. The lowest BCUT2D eigenvalue weighted by Crippen LogP contribution is -2.26. The minimum Gasteiger partial charge on any atom is -0.496 e. The highest BCUT2D eigenvalue weighted by Gasteiger charge is 2.14. The van der Waals surface area contributed by atoms with Gasteiger partial charge in [-0.3, -0.25) is 9.79 Å². The van der Waals surface area contributed by atoms with Gasteiger partial charge >= 0.3 is 0 Å². The van der Waals surface area contributed by atoms with Crippen LogP contribution in [0.2, 0.25) is 5.02 Å². The van der Waals surface area contributed by atoms with Crippen LogP contribution in [-0.2, 0) is 0 Å². The fourth-order valence-electron chi connectivity index (χ4n) is 1.47. The van der Waals surface area contributed by atoms with E-state index < -0.39 is 0 Å². The number of nitrogens with two attached hydrogens (primary N) is 1. The van der Waals surface area contributed by atoms with Crippen molar-refractivity contribution < 1.29 is 9.53 Å². The Labute approximate surface area is 123 Å². The van der Waals surface area contributed by atoms with E-state index >= 15 is 0 Å². The fourth-order valence-corrected chi connectivity index (χ4v) is 1.63. The van der Waals surface area contributed by atoms with Crippen LogP contribution in [0.4, 0.5) is 5.69 Å². The van der Waals surface area contributed by atoms with E-state index in [1.165, 1.54) is 19.2 Å². The average Bonchev–Trinajstić information content (AvgIpc) is 2.44. The second kappa shape index (κ2) is 8.27. The molecule has 20 heavy (non-hydrogen) atoms. The number of aliphatic imine (C=N–C) groups is 1. The van der Waals surface area contributed by atoms with Crippen molar-refractivity contribution in [1.29, 1.82) is 0 Å². The molecule has 1 aromatic rings. The lowest BCUT2D eigenvalue weighted by Gasteiger charge is -2.10. The number of amides is 1. The Bertz CT molecular complexity index is 492. The van der Waals surface area contributed by atoms with Gasteiger partial charge in [-0.1, -0.05) is 11.6 Å². The van der Waals surface area contributed by atoms with Crippen LogP contribution in [0.1, 0.15) is 17.3 Å². The van der Waals surface area contributed by atoms with Crippen LogP contribution < -0.4 is 21.1 Å². The van der Waals surface area contributed by atoms with Crippen molar-refractivity contribution in [2.24, 2.45) is 4.99 Å². The Morgan fingerprint density at radius 1 is 1.55 bits per heavy atom. The lowest BCUT2D eigenvalue weighted by molar-refractivity contribution is 0.0952. The number of carbonyl (C=O) groups excluding carboxylic acids is 1. The molecule has 0 saturated heterocycles. The second-order valence-electron chi connectivity index (χ2n) is 3.92. The molecule has 0 heterocycles. The summed E-state index contributed by atoms with van der Waals surface area (Å²) in [6.07, 6.45) is 1.62. The van der Waals surface area contributed by atoms with E-state index in [4.69, 9.17) is 22.1 Å². The van der Waals surface area contributed by atoms with Gasteiger partial charge in [-0.25, -0.2) is 0 Å². The minimum absolute atomic E-state index is 0.276. The van der Waals surface area contributed by atoms with E-state index in [-0.39, 0.29) is 5.91 Å². The molecule has 110 valence electrons. The minimum atomic E-state index is -0.276. The molecular weight excluding hydrogens is 280 g/mol. The van der Waals surface area contributed by atoms with Gasteiger partial charge in [-0.2, -0.15) is 0 Å². The van der Waals surface area contributed by atoms with E-state index in [1.807, 2.05) is 6.92 Å². The lowest BCUT2D eigenvalue weighted by atomic mass is 10.1. The SMILES string of the molecule is CCNC=NCCNC(=O)c1cc(Cl)c(N)cc1OC. The van der Waals surface area contributed by atoms with Crippen LogP contribution in [0, 0.1) is 0 Å². The summed E-state index contributed by atoms with van der Waals surface area (Å²) in [4.78, 5) is 16.1. The Kier molecular flexibility index (Phi) is 6.66. The Balaban J connectivity index is 2.61. The molecule has 0 radical (unpaired) electrons. The first-order valence-corrected chi connectivity index (χ1v) is 6.60. The predicted molar refractivity (Wildman–Crippen MR) is 81.8 cm³/mol. The molecule has 0 aliphatic heterocycles. The summed E-state index contributed by atoms with van der Waals surface area (Å²) in [5.41, 5.74) is 6.38. The standard InChI is InChI=1S/C13H19ClN4O2/c1-3-16-8-17-4-5-18-13(19)9-6-10(14)11(15)7-12(9)20-2/h6-8H,3-5,15H2,1-2H3,(H,16,17)(H,18,19). The van der Waals surface area contributed by atoms with Crippen LogP contribution in [0.25, 0.3) is 0 Å². The molecule has 0 spiro atoms. The summed E-state index contributed by atoms with van der Waals surface area (Å²) in [6, 6.07) is 3.02. The third-order valence-electron chi connectivity index (χ3n) is 2.48. The number of nitrogens with one attached hydrogen (secondary N) is 2. The van der Waals surface area contributed by atoms with Gasteiger partial charge in [-0.15, -0.1) is 0 Å². The molecule has 0 aromatic heterocycles. The molecule has 0 aliphatic rings. The van der Waals surface area contributed by atoms with Crippen LogP contribution in [0.5, 0.6) is 5.75 Å². The molecule has 0 atom stereocenters. The van der Waals surface area contributed by atoms with Crippen LogP contribution in [0.15, 0.2) is 17.1 Å². The molecule has 6 nitrogen and oxygen atoms in total. The maximum absolute atomic E-state index is 12.0. The maximum atomic E-state index is 12.0. The average molecular weight is 299 g/mol. The second-order valence-corrected chi connectivity index (χ2v) is 4.33. The number of hydrogen-bond acceptors (Lipinski definition) is 4. The van der Waals surface area contributed by atoms with E-state index in [0.717, 1.165) is 6.54 Å². The van der Waals surface area contributed by atoms with Crippen molar-refractivity contribution in [2.75, 3.05) is 32.5 Å². The molecule has 0 fully saturated rings. The zero-order chi connectivity index (χ0) is 15.0. The fraction of sp³-hybridized carbons (Fsp3) is 0.385. The van der Waals surface area contributed by atoms with Crippen molar-refractivity contribution in [2.45, 2.75) is 6.92 Å². The third-order valence-corrected chi connectivity index (χ3v) is 2.80. The summed E-state index contributed by atoms with van der Waals surface area (Å²) >= 11 is 5.91. The molecule has 0 aliphatic carbocycles. The summed E-state index contributed by atoms with van der Waals surface area (Å²) < 4.78 is 5.12. The van der Waals surface area contributed by atoms with Crippen LogP contribution in [-0.4, -0.2) is 39.0 Å². The van der Waals surface area contributed by atoms with E-state index in [0.29, 0.717) is 35.1 Å². The Morgan fingerprint density at radius 2 is 2.30 bits per heavy atom. The highest BCUT2D eigenvalue weighted by molar-refractivity contribution is 6.33. The van der Waals surface area contributed by atoms with Crippen molar-refractivity contribution in [3.63, 3.8) is 0 Å². The zero-order valence-electron chi connectivity index (χ0n) is 11.6. The molecule has 1 aromatic carbocycles. The number of halogens is 1. The van der Waals surface area contributed by atoms with E-state index in [1.54, 1.807) is 6.34 Å². The number of carbonyl (C=O) groups is 1. The molecule has 0 saturated carbocycles. The first kappa shape index (κ1) is 16.1. The number of hydrogen-bond donors (Lipinski definition) is 3. The highest BCUT2D eigenvalue weighted by Crippen LogP contribution is 2.28. The van der Waals surface area contributed by atoms with Crippen molar-refractivity contribution in [3.8, 4) is 5.75 Å². The normalized spacial score (nSPS) is 10.6. The van der Waals surface area contributed by atoms with Gasteiger partial charge in [0.1, 0.15) is 5.75 Å². The number of methoxy groups -OCH3 is 1. The van der Waals surface area contributed by atoms with Gasteiger partial charge in [0.15, 0.2) is 0 Å². The molecule has 0 bridgehead atoms. The zero-order valence-corrected chi connectivity index (χ0v) is 12.3. The van der Waals surface area contributed by atoms with Crippen molar-refractivity contribution in [3.05, 3.63) is 22.7 Å². The summed E-state index contributed by atoms with van der Waals surface area (Å²) in [6.45, 7) is 3.71. The van der Waals surface area contributed by atoms with E-state index in [9.17, 15) is 4.79 Å². The van der Waals surface area contributed by atoms with Gasteiger partial charge < -0.3 is 21.1 Å². The van der Waals surface area contributed by atoms with Crippen LogP contribution >= 0.6 is 11.6 Å². The Hall–Kier alpha value is -1.95. The van der Waals surface area contributed by atoms with E-state index in [2.05, 4.69) is 15.6 Å². The number of anilines is 1. The monoisotopic (exact) mass is 298 g/mol. The smallest absolute Gasteiger partial charge is 0.255 e. The Morgan fingerprint density at radius 3 is 2.95 bits per heavy atom.